The highest BCUT2D eigenvalue weighted by atomic mass is 16.6. The summed E-state index contributed by atoms with van der Waals surface area (Å²) in [5.74, 6) is -0.257. The van der Waals surface area contributed by atoms with E-state index >= 15 is 0 Å². The first-order chi connectivity index (χ1) is 13.2. The Hall–Kier alpha value is -2.86. The highest BCUT2D eigenvalue weighted by Crippen LogP contribution is 2.08. The van der Waals surface area contributed by atoms with Crippen LogP contribution < -0.4 is 16.1 Å². The van der Waals surface area contributed by atoms with Crippen LogP contribution >= 0.6 is 0 Å². The van der Waals surface area contributed by atoms with Crippen molar-refractivity contribution in [2.24, 2.45) is 0 Å². The number of unbranched alkanes of at least 4 members (excludes halogenated alkanes) is 1. The van der Waals surface area contributed by atoms with Crippen molar-refractivity contribution in [3.8, 4) is 0 Å². The van der Waals surface area contributed by atoms with E-state index in [1.165, 1.54) is 0 Å². The van der Waals surface area contributed by atoms with Crippen molar-refractivity contribution >= 4 is 17.6 Å². The molecule has 0 saturated carbocycles. The monoisotopic (exact) mass is 369 g/mol. The van der Waals surface area contributed by atoms with Crippen LogP contribution in [0.25, 0.3) is 0 Å². The largest absolute Gasteiger partial charge is 0.335 e. The number of urea groups is 1. The van der Waals surface area contributed by atoms with E-state index in [0.29, 0.717) is 12.3 Å². The van der Waals surface area contributed by atoms with E-state index in [1.54, 1.807) is 0 Å². The number of carbonyl (C=O) groups is 2. The van der Waals surface area contributed by atoms with Gasteiger partial charge in [-0.1, -0.05) is 68.3 Å². The number of rotatable bonds is 10. The molecule has 3 N–H and O–H groups in total. The normalized spacial score (nSPS) is 11.4. The predicted molar refractivity (Wildman–Crippen MR) is 106 cm³/mol. The van der Waals surface area contributed by atoms with Crippen LogP contribution in [0.3, 0.4) is 0 Å². The van der Waals surface area contributed by atoms with Crippen LogP contribution in [0, 0.1) is 0 Å². The lowest BCUT2D eigenvalue weighted by Crippen LogP contribution is -2.41. The third-order valence-corrected chi connectivity index (χ3v) is 3.97. The van der Waals surface area contributed by atoms with Crippen molar-refractivity contribution in [3.63, 3.8) is 0 Å². The van der Waals surface area contributed by atoms with E-state index in [1.807, 2.05) is 60.7 Å². The van der Waals surface area contributed by atoms with Crippen molar-refractivity contribution in [1.29, 1.82) is 0 Å². The molecule has 0 saturated heterocycles. The van der Waals surface area contributed by atoms with E-state index in [-0.39, 0.29) is 24.4 Å². The molecule has 2 rings (SSSR count). The minimum Gasteiger partial charge on any atom is -0.335 e. The number of nitrogens with one attached hydrogen (secondary N) is 3. The maximum Gasteiger partial charge on any atom is 0.319 e. The van der Waals surface area contributed by atoms with Gasteiger partial charge >= 0.3 is 6.03 Å². The second kappa shape index (κ2) is 11.7. The number of benzene rings is 2. The predicted octanol–water partition coefficient (Wildman–Crippen LogP) is 4.01. The molecular formula is C21H27N3O3. The highest BCUT2D eigenvalue weighted by molar-refractivity contribution is 5.89. The Bertz CT molecular complexity index is 692. The van der Waals surface area contributed by atoms with E-state index in [2.05, 4.69) is 23.0 Å². The molecule has 27 heavy (non-hydrogen) atoms. The van der Waals surface area contributed by atoms with E-state index < -0.39 is 0 Å². The van der Waals surface area contributed by atoms with Crippen molar-refractivity contribution in [1.82, 2.24) is 10.8 Å². The quantitative estimate of drug-likeness (QED) is 0.554. The molecule has 144 valence electrons. The fourth-order valence-electron chi connectivity index (χ4n) is 2.59. The Kier molecular flexibility index (Phi) is 8.86. The first-order valence-electron chi connectivity index (χ1n) is 9.24. The number of anilines is 1. The third kappa shape index (κ3) is 8.37. The van der Waals surface area contributed by atoms with Crippen molar-refractivity contribution in [2.45, 2.75) is 45.3 Å². The third-order valence-electron chi connectivity index (χ3n) is 3.97. The van der Waals surface area contributed by atoms with Gasteiger partial charge in [0.1, 0.15) is 0 Å². The van der Waals surface area contributed by atoms with Gasteiger partial charge < -0.3 is 10.6 Å². The Morgan fingerprint density at radius 1 is 1.00 bits per heavy atom. The Morgan fingerprint density at radius 3 is 2.33 bits per heavy atom. The minimum atomic E-state index is -0.319. The molecule has 0 aliphatic carbocycles. The molecule has 3 amide bonds. The highest BCUT2D eigenvalue weighted by Gasteiger charge is 2.16. The fourth-order valence-corrected chi connectivity index (χ4v) is 2.59. The lowest BCUT2D eigenvalue weighted by molar-refractivity contribution is -0.135. The second-order valence-electron chi connectivity index (χ2n) is 6.31. The number of carbonyl (C=O) groups excluding carboxylic acids is 2. The molecule has 2 aromatic carbocycles. The molecule has 0 bridgehead atoms. The standard InChI is InChI=1S/C21H27N3O3/c1-2-3-12-19(23-21(26)22-18-13-8-5-9-14-18)15-20(25)24-27-16-17-10-6-4-7-11-17/h4-11,13-14,19H,2-3,12,15-16H2,1H3,(H,24,25)(H2,22,23,26)/t19-/m0/s1. The molecule has 6 nitrogen and oxygen atoms in total. The molecular weight excluding hydrogens is 342 g/mol. The Morgan fingerprint density at radius 2 is 1.67 bits per heavy atom. The fraction of sp³-hybridized carbons (Fsp3) is 0.333. The molecule has 0 aliphatic rings. The summed E-state index contributed by atoms with van der Waals surface area (Å²) in [6, 6.07) is 18.2. The summed E-state index contributed by atoms with van der Waals surface area (Å²) in [6.45, 7) is 2.37. The summed E-state index contributed by atoms with van der Waals surface area (Å²) in [5, 5.41) is 5.65. The second-order valence-corrected chi connectivity index (χ2v) is 6.31. The zero-order valence-corrected chi connectivity index (χ0v) is 15.6. The average Bonchev–Trinajstić information content (AvgIpc) is 2.67. The molecule has 6 heteroatoms. The van der Waals surface area contributed by atoms with Crippen molar-refractivity contribution in [2.75, 3.05) is 5.32 Å². The van der Waals surface area contributed by atoms with Gasteiger partial charge in [-0.05, 0) is 24.1 Å². The van der Waals surface area contributed by atoms with E-state index in [9.17, 15) is 9.59 Å². The number of hydroxylamine groups is 1. The molecule has 0 aliphatic heterocycles. The summed E-state index contributed by atoms with van der Waals surface area (Å²) < 4.78 is 0. The summed E-state index contributed by atoms with van der Waals surface area (Å²) >= 11 is 0. The molecule has 0 spiro atoms. The maximum atomic E-state index is 12.2. The smallest absolute Gasteiger partial charge is 0.319 e. The molecule has 0 radical (unpaired) electrons. The van der Waals surface area contributed by atoms with Crippen LogP contribution in [-0.4, -0.2) is 18.0 Å². The number of amides is 3. The zero-order chi connectivity index (χ0) is 19.3. The van der Waals surface area contributed by atoms with Crippen LogP contribution in [0.1, 0.15) is 38.2 Å². The first-order valence-corrected chi connectivity index (χ1v) is 9.24. The minimum absolute atomic E-state index is 0.164. The van der Waals surface area contributed by atoms with Gasteiger partial charge in [-0.3, -0.25) is 9.63 Å². The Balaban J connectivity index is 1.78. The van der Waals surface area contributed by atoms with Gasteiger partial charge in [0, 0.05) is 18.2 Å². The summed E-state index contributed by atoms with van der Waals surface area (Å²) in [4.78, 5) is 29.6. The van der Waals surface area contributed by atoms with Crippen LogP contribution in [-0.2, 0) is 16.2 Å². The van der Waals surface area contributed by atoms with Crippen LogP contribution in [0.4, 0.5) is 10.5 Å². The SMILES string of the molecule is CCCC[C@@H](CC(=O)NOCc1ccccc1)NC(=O)Nc1ccccc1. The topological polar surface area (TPSA) is 79.5 Å². The van der Waals surface area contributed by atoms with Gasteiger partial charge in [0.25, 0.3) is 0 Å². The first kappa shape index (κ1) is 20.5. The lowest BCUT2D eigenvalue weighted by atomic mass is 10.1. The molecule has 1 atom stereocenters. The van der Waals surface area contributed by atoms with Crippen LogP contribution in [0.2, 0.25) is 0 Å². The van der Waals surface area contributed by atoms with E-state index in [0.717, 1.165) is 24.8 Å². The van der Waals surface area contributed by atoms with Crippen molar-refractivity contribution < 1.29 is 14.4 Å². The van der Waals surface area contributed by atoms with E-state index in [4.69, 9.17) is 4.84 Å². The summed E-state index contributed by atoms with van der Waals surface area (Å²) in [7, 11) is 0. The number of hydrogen-bond donors (Lipinski definition) is 3. The number of para-hydroxylation sites is 1. The summed E-state index contributed by atoms with van der Waals surface area (Å²) in [6.07, 6.45) is 2.81. The number of hydrogen-bond acceptors (Lipinski definition) is 3. The molecule has 0 unspecified atom stereocenters. The average molecular weight is 369 g/mol. The molecule has 0 heterocycles. The van der Waals surface area contributed by atoms with Crippen molar-refractivity contribution in [3.05, 3.63) is 66.2 Å². The lowest BCUT2D eigenvalue weighted by Gasteiger charge is -2.18. The zero-order valence-electron chi connectivity index (χ0n) is 15.6. The van der Waals surface area contributed by atoms with Crippen LogP contribution in [0.5, 0.6) is 0 Å². The van der Waals surface area contributed by atoms with Gasteiger partial charge in [0.15, 0.2) is 0 Å². The van der Waals surface area contributed by atoms with Crippen LogP contribution in [0.15, 0.2) is 60.7 Å². The van der Waals surface area contributed by atoms with Gasteiger partial charge in [0.05, 0.1) is 6.61 Å². The molecule has 0 aromatic heterocycles. The maximum absolute atomic E-state index is 12.2. The van der Waals surface area contributed by atoms with Gasteiger partial charge in [-0.25, -0.2) is 10.3 Å². The molecule has 2 aromatic rings. The van der Waals surface area contributed by atoms with Gasteiger partial charge in [0.2, 0.25) is 5.91 Å². The van der Waals surface area contributed by atoms with Gasteiger partial charge in [-0.2, -0.15) is 0 Å². The molecule has 0 fully saturated rings. The Labute approximate surface area is 160 Å². The summed E-state index contributed by atoms with van der Waals surface area (Å²) in [5.41, 5.74) is 4.13. The van der Waals surface area contributed by atoms with Gasteiger partial charge in [-0.15, -0.1) is 0 Å².